The van der Waals surface area contributed by atoms with E-state index in [1.165, 1.54) is 25.7 Å². The van der Waals surface area contributed by atoms with Crippen molar-refractivity contribution in [1.29, 1.82) is 0 Å². The van der Waals surface area contributed by atoms with Gasteiger partial charge < -0.3 is 10.8 Å². The maximum Gasteiger partial charge on any atom is 0.0459 e. The lowest BCUT2D eigenvalue weighted by Gasteiger charge is -2.25. The van der Waals surface area contributed by atoms with Crippen LogP contribution < -0.4 is 5.73 Å². The fourth-order valence-electron chi connectivity index (χ4n) is 1.65. The Morgan fingerprint density at radius 1 is 1.10 bits per heavy atom. The summed E-state index contributed by atoms with van der Waals surface area (Å²) in [5, 5.41) is 8.82. The highest BCUT2D eigenvalue weighted by Gasteiger charge is 2.18. The van der Waals surface area contributed by atoms with Crippen molar-refractivity contribution in [2.24, 2.45) is 17.6 Å². The van der Waals surface area contributed by atoms with E-state index in [0.717, 1.165) is 12.5 Å². The molecule has 0 unspecified atom stereocenters. The van der Waals surface area contributed by atoms with Gasteiger partial charge >= 0.3 is 0 Å². The molecule has 10 heavy (non-hydrogen) atoms. The first-order valence-electron chi connectivity index (χ1n) is 4.17. The van der Waals surface area contributed by atoms with Crippen LogP contribution in [0.1, 0.15) is 25.7 Å². The minimum absolute atomic E-state index is 0.372. The van der Waals surface area contributed by atoms with Gasteiger partial charge in [-0.15, -0.1) is 0 Å². The lowest BCUT2D eigenvalue weighted by molar-refractivity contribution is 0.169. The number of hydrogen-bond acceptors (Lipinski definition) is 2. The molecule has 0 aromatic heterocycles. The quantitative estimate of drug-likeness (QED) is 0.599. The number of rotatable bonds is 2. The van der Waals surface area contributed by atoms with Crippen molar-refractivity contribution in [3.8, 4) is 0 Å². The summed E-state index contributed by atoms with van der Waals surface area (Å²) < 4.78 is 0. The van der Waals surface area contributed by atoms with Crippen molar-refractivity contribution < 1.29 is 5.11 Å². The maximum absolute atomic E-state index is 8.82. The first-order valence-corrected chi connectivity index (χ1v) is 4.17. The molecule has 1 fully saturated rings. The molecule has 0 bridgehead atoms. The van der Waals surface area contributed by atoms with Gasteiger partial charge in [0, 0.05) is 6.61 Å². The fourth-order valence-corrected chi connectivity index (χ4v) is 1.65. The molecule has 2 nitrogen and oxygen atoms in total. The van der Waals surface area contributed by atoms with Gasteiger partial charge in [0.1, 0.15) is 0 Å². The summed E-state index contributed by atoms with van der Waals surface area (Å²) in [4.78, 5) is 0. The van der Waals surface area contributed by atoms with Gasteiger partial charge in [-0.1, -0.05) is 0 Å². The van der Waals surface area contributed by atoms with Gasteiger partial charge in [0.2, 0.25) is 0 Å². The third-order valence-corrected chi connectivity index (χ3v) is 2.56. The van der Waals surface area contributed by atoms with Crippen LogP contribution in [0.15, 0.2) is 0 Å². The third-order valence-electron chi connectivity index (χ3n) is 2.56. The molecule has 1 aliphatic rings. The molecular weight excluding hydrogens is 126 g/mol. The van der Waals surface area contributed by atoms with Gasteiger partial charge in [0.05, 0.1) is 0 Å². The standard InChI is InChI=1S/C8H17NO/c9-5-7-1-3-8(6-10)4-2-7/h7-8,10H,1-6,9H2/t7-,8+. The summed E-state index contributed by atoms with van der Waals surface area (Å²) in [6, 6.07) is 0. The van der Waals surface area contributed by atoms with Crippen LogP contribution >= 0.6 is 0 Å². The Bertz CT molecular complexity index is 75.3. The third kappa shape index (κ3) is 1.96. The van der Waals surface area contributed by atoms with Gasteiger partial charge in [-0.05, 0) is 44.1 Å². The van der Waals surface area contributed by atoms with Gasteiger partial charge in [-0.3, -0.25) is 0 Å². The van der Waals surface area contributed by atoms with E-state index in [-0.39, 0.29) is 0 Å². The predicted molar refractivity (Wildman–Crippen MR) is 41.6 cm³/mol. The van der Waals surface area contributed by atoms with Gasteiger partial charge in [-0.25, -0.2) is 0 Å². The van der Waals surface area contributed by atoms with Crippen LogP contribution in [0.4, 0.5) is 0 Å². The Morgan fingerprint density at radius 2 is 1.60 bits per heavy atom. The highest BCUT2D eigenvalue weighted by molar-refractivity contribution is 4.71. The molecule has 1 aliphatic carbocycles. The largest absolute Gasteiger partial charge is 0.396 e. The Balaban J connectivity index is 2.17. The lowest BCUT2D eigenvalue weighted by atomic mass is 9.82. The Labute approximate surface area is 62.4 Å². The van der Waals surface area contributed by atoms with Crippen molar-refractivity contribution in [2.45, 2.75) is 25.7 Å². The van der Waals surface area contributed by atoms with Crippen molar-refractivity contribution in [3.63, 3.8) is 0 Å². The summed E-state index contributed by atoms with van der Waals surface area (Å²) in [5.41, 5.74) is 5.53. The zero-order valence-corrected chi connectivity index (χ0v) is 6.42. The van der Waals surface area contributed by atoms with Crippen LogP contribution in [-0.4, -0.2) is 18.3 Å². The number of aliphatic hydroxyl groups is 1. The number of hydrogen-bond donors (Lipinski definition) is 2. The summed E-state index contributed by atoms with van der Waals surface area (Å²) in [6.07, 6.45) is 4.81. The van der Waals surface area contributed by atoms with E-state index in [9.17, 15) is 0 Å². The van der Waals surface area contributed by atoms with Crippen molar-refractivity contribution in [3.05, 3.63) is 0 Å². The average Bonchev–Trinajstić information content (AvgIpc) is 2.05. The van der Waals surface area contributed by atoms with E-state index in [1.807, 2.05) is 0 Å². The zero-order valence-electron chi connectivity index (χ0n) is 6.42. The molecule has 0 heterocycles. The topological polar surface area (TPSA) is 46.2 Å². The minimum atomic E-state index is 0.372. The first-order chi connectivity index (χ1) is 4.86. The van der Waals surface area contributed by atoms with Crippen LogP contribution in [0.2, 0.25) is 0 Å². The van der Waals surface area contributed by atoms with Crippen LogP contribution in [-0.2, 0) is 0 Å². The molecule has 1 saturated carbocycles. The second-order valence-corrected chi connectivity index (χ2v) is 3.31. The van der Waals surface area contributed by atoms with Gasteiger partial charge in [0.25, 0.3) is 0 Å². The Morgan fingerprint density at radius 3 is 2.00 bits per heavy atom. The predicted octanol–water partition coefficient (Wildman–Crippen LogP) is 0.744. The highest BCUT2D eigenvalue weighted by Crippen LogP contribution is 2.27. The maximum atomic E-state index is 8.82. The molecule has 0 amide bonds. The molecule has 60 valence electrons. The fraction of sp³-hybridized carbons (Fsp3) is 1.00. The monoisotopic (exact) mass is 143 g/mol. The average molecular weight is 143 g/mol. The molecule has 0 aliphatic heterocycles. The molecule has 0 atom stereocenters. The van der Waals surface area contributed by atoms with Crippen molar-refractivity contribution in [1.82, 2.24) is 0 Å². The van der Waals surface area contributed by atoms with E-state index >= 15 is 0 Å². The van der Waals surface area contributed by atoms with Gasteiger partial charge in [-0.2, -0.15) is 0 Å². The molecule has 0 radical (unpaired) electrons. The van der Waals surface area contributed by atoms with Crippen LogP contribution in [0.5, 0.6) is 0 Å². The van der Waals surface area contributed by atoms with Crippen LogP contribution in [0.3, 0.4) is 0 Å². The Hall–Kier alpha value is -0.0800. The summed E-state index contributed by atoms with van der Waals surface area (Å²) in [5.74, 6) is 1.31. The van der Waals surface area contributed by atoms with E-state index in [4.69, 9.17) is 10.8 Å². The zero-order chi connectivity index (χ0) is 7.40. The Kier molecular flexibility index (Phi) is 3.16. The highest BCUT2D eigenvalue weighted by atomic mass is 16.3. The second-order valence-electron chi connectivity index (χ2n) is 3.31. The van der Waals surface area contributed by atoms with E-state index in [1.54, 1.807) is 0 Å². The van der Waals surface area contributed by atoms with Crippen molar-refractivity contribution in [2.75, 3.05) is 13.2 Å². The molecular formula is C8H17NO. The van der Waals surface area contributed by atoms with Crippen molar-refractivity contribution >= 4 is 0 Å². The lowest BCUT2D eigenvalue weighted by Crippen LogP contribution is -2.22. The van der Waals surface area contributed by atoms with E-state index in [0.29, 0.717) is 12.5 Å². The second kappa shape index (κ2) is 3.94. The SMILES string of the molecule is NC[C@H]1CC[C@@H](CO)CC1. The summed E-state index contributed by atoms with van der Waals surface area (Å²) in [7, 11) is 0. The minimum Gasteiger partial charge on any atom is -0.396 e. The summed E-state index contributed by atoms with van der Waals surface area (Å²) in [6.45, 7) is 1.20. The number of aliphatic hydroxyl groups excluding tert-OH is 1. The van der Waals surface area contributed by atoms with Crippen LogP contribution in [0.25, 0.3) is 0 Å². The molecule has 0 aromatic carbocycles. The summed E-state index contributed by atoms with van der Waals surface area (Å²) >= 11 is 0. The molecule has 0 saturated heterocycles. The van der Waals surface area contributed by atoms with E-state index < -0.39 is 0 Å². The van der Waals surface area contributed by atoms with Crippen LogP contribution in [0, 0.1) is 11.8 Å². The van der Waals surface area contributed by atoms with E-state index in [2.05, 4.69) is 0 Å². The molecule has 3 N–H and O–H groups in total. The first kappa shape index (κ1) is 8.02. The van der Waals surface area contributed by atoms with Gasteiger partial charge in [0.15, 0.2) is 0 Å². The number of nitrogens with two attached hydrogens (primary N) is 1. The molecule has 2 heteroatoms. The molecule has 0 spiro atoms. The normalized spacial score (nSPS) is 34.2. The smallest absolute Gasteiger partial charge is 0.0459 e. The molecule has 1 rings (SSSR count). The molecule has 0 aromatic rings.